The van der Waals surface area contributed by atoms with Gasteiger partial charge in [-0.25, -0.2) is 5.01 Å². The molecule has 1 amide bonds. The summed E-state index contributed by atoms with van der Waals surface area (Å²) in [5, 5.41) is 15.6. The summed E-state index contributed by atoms with van der Waals surface area (Å²) in [7, 11) is 0. The number of thioether (sulfide) groups is 1. The molecule has 2 aliphatic heterocycles. The number of carbonyl (C=O) groups excluding carboxylic acids is 1. The molecule has 0 saturated carbocycles. The van der Waals surface area contributed by atoms with E-state index in [-0.39, 0.29) is 12.1 Å². The number of hydrogen-bond acceptors (Lipinski definition) is 6. The monoisotopic (exact) mass is 342 g/mol. The quantitative estimate of drug-likeness (QED) is 0.903. The van der Waals surface area contributed by atoms with E-state index in [0.717, 1.165) is 21.9 Å². The van der Waals surface area contributed by atoms with Gasteiger partial charge in [0.1, 0.15) is 5.70 Å². The average molecular weight is 342 g/mol. The highest BCUT2D eigenvalue weighted by atomic mass is 32.2. The lowest BCUT2D eigenvalue weighted by atomic mass is 10.1. The van der Waals surface area contributed by atoms with Crippen LogP contribution in [0.15, 0.2) is 51.2 Å². The van der Waals surface area contributed by atoms with Crippen molar-refractivity contribution in [2.75, 3.05) is 5.75 Å². The van der Waals surface area contributed by atoms with E-state index in [1.54, 1.807) is 16.3 Å². The molecule has 23 heavy (non-hydrogen) atoms. The molecule has 0 spiro atoms. The lowest BCUT2D eigenvalue weighted by molar-refractivity contribution is -0.116. The number of nitrogens with zero attached hydrogens (tertiary/aromatic N) is 3. The van der Waals surface area contributed by atoms with Gasteiger partial charge in [0.05, 0.1) is 5.36 Å². The Hall–Kier alpha value is -2.12. The molecule has 7 heteroatoms. The summed E-state index contributed by atoms with van der Waals surface area (Å²) in [6.45, 7) is 2.03. The van der Waals surface area contributed by atoms with Crippen molar-refractivity contribution in [1.82, 2.24) is 10.3 Å². The molecule has 4 rings (SSSR count). The largest absolute Gasteiger partial charge is 0.298 e. The van der Waals surface area contributed by atoms with Crippen LogP contribution in [0.2, 0.25) is 0 Å². The molecule has 1 unspecified atom stereocenters. The average Bonchev–Trinajstić information content (AvgIpc) is 3.08. The first-order chi connectivity index (χ1) is 11.3. The summed E-state index contributed by atoms with van der Waals surface area (Å²) >= 11 is 3.13. The van der Waals surface area contributed by atoms with Crippen LogP contribution in [0.25, 0.3) is 5.70 Å². The third-order valence-electron chi connectivity index (χ3n) is 3.64. The molecule has 3 heterocycles. The Balaban J connectivity index is 1.96. The molecule has 116 valence electrons. The molecule has 1 atom stereocenters. The molecule has 2 aliphatic rings. The first-order valence-corrected chi connectivity index (χ1v) is 9.22. The highest BCUT2D eigenvalue weighted by molar-refractivity contribution is 8.13. The van der Waals surface area contributed by atoms with E-state index < -0.39 is 0 Å². The van der Waals surface area contributed by atoms with Crippen LogP contribution in [0, 0.1) is 0 Å². The number of fused-ring (bicyclic) bond motifs is 2. The van der Waals surface area contributed by atoms with E-state index in [1.165, 1.54) is 11.8 Å². The highest BCUT2D eigenvalue weighted by Crippen LogP contribution is 2.31. The normalized spacial score (nSPS) is 19.4. The summed E-state index contributed by atoms with van der Waals surface area (Å²) < 4.78 is 0. The summed E-state index contributed by atoms with van der Waals surface area (Å²) in [6, 6.07) is 9.73. The Kier molecular flexibility index (Phi) is 3.66. The van der Waals surface area contributed by atoms with Crippen LogP contribution in [-0.4, -0.2) is 21.8 Å². The van der Waals surface area contributed by atoms with Crippen molar-refractivity contribution in [2.45, 2.75) is 13.1 Å². The minimum atomic E-state index is -0.301. The van der Waals surface area contributed by atoms with Crippen molar-refractivity contribution in [2.24, 2.45) is 10.1 Å². The predicted octanol–water partition coefficient (Wildman–Crippen LogP) is 1.64. The van der Waals surface area contributed by atoms with Crippen LogP contribution < -0.4 is 15.9 Å². The fraction of sp³-hybridized carbons (Fsp3) is 0.188. The van der Waals surface area contributed by atoms with Gasteiger partial charge in [0.2, 0.25) is 0 Å². The maximum absolute atomic E-state index is 12.7. The van der Waals surface area contributed by atoms with Crippen LogP contribution in [-0.2, 0) is 4.79 Å². The van der Waals surface area contributed by atoms with Crippen molar-refractivity contribution in [3.05, 3.63) is 57.2 Å². The van der Waals surface area contributed by atoms with E-state index in [2.05, 4.69) is 10.4 Å². The Morgan fingerprint density at radius 2 is 2.22 bits per heavy atom. The molecule has 1 aromatic carbocycles. The molecule has 0 fully saturated rings. The van der Waals surface area contributed by atoms with Gasteiger partial charge in [-0.15, -0.1) is 5.10 Å². The van der Waals surface area contributed by atoms with Gasteiger partial charge < -0.3 is 0 Å². The summed E-state index contributed by atoms with van der Waals surface area (Å²) in [5.41, 5.74) is 1.61. The minimum absolute atomic E-state index is 0.126. The molecule has 1 N–H and O–H groups in total. The van der Waals surface area contributed by atoms with Crippen molar-refractivity contribution in [3.8, 4) is 0 Å². The number of nitrogens with one attached hydrogen (secondary N) is 1. The van der Waals surface area contributed by atoms with E-state index in [1.807, 2.05) is 48.0 Å². The van der Waals surface area contributed by atoms with Crippen LogP contribution in [0.4, 0.5) is 0 Å². The number of amidine groups is 1. The zero-order valence-corrected chi connectivity index (χ0v) is 14.0. The molecule has 1 aromatic heterocycles. The molecule has 0 aliphatic carbocycles. The first kappa shape index (κ1) is 14.5. The Labute approximate surface area is 141 Å². The van der Waals surface area contributed by atoms with Crippen molar-refractivity contribution in [1.29, 1.82) is 0 Å². The van der Waals surface area contributed by atoms with Gasteiger partial charge in [0.15, 0.2) is 11.3 Å². The van der Waals surface area contributed by atoms with Crippen LogP contribution in [0.3, 0.4) is 0 Å². The zero-order chi connectivity index (χ0) is 15.8. The first-order valence-electron chi connectivity index (χ1n) is 7.29. The van der Waals surface area contributed by atoms with Crippen LogP contribution >= 0.6 is 23.1 Å². The summed E-state index contributed by atoms with van der Waals surface area (Å²) in [4.78, 5) is 17.5. The topological polar surface area (TPSA) is 57.1 Å². The maximum atomic E-state index is 12.7. The Morgan fingerprint density at radius 3 is 3.00 bits per heavy atom. The maximum Gasteiger partial charge on any atom is 0.276 e. The van der Waals surface area contributed by atoms with Crippen molar-refractivity contribution in [3.63, 3.8) is 0 Å². The second-order valence-corrected chi connectivity index (χ2v) is 7.09. The second kappa shape index (κ2) is 5.82. The third kappa shape index (κ3) is 2.46. The second-order valence-electron chi connectivity index (χ2n) is 5.06. The lowest BCUT2D eigenvalue weighted by Crippen LogP contribution is -2.50. The number of hydrogen-bond donors (Lipinski definition) is 1. The smallest absolute Gasteiger partial charge is 0.276 e. The van der Waals surface area contributed by atoms with E-state index in [0.29, 0.717) is 10.9 Å². The van der Waals surface area contributed by atoms with Gasteiger partial charge >= 0.3 is 0 Å². The molecule has 0 radical (unpaired) electrons. The van der Waals surface area contributed by atoms with E-state index in [4.69, 9.17) is 4.99 Å². The summed E-state index contributed by atoms with van der Waals surface area (Å²) in [6.07, 6.45) is -0.301. The van der Waals surface area contributed by atoms with Gasteiger partial charge in [-0.2, -0.15) is 11.3 Å². The Bertz CT molecular complexity index is 904. The number of amides is 1. The van der Waals surface area contributed by atoms with Crippen LogP contribution in [0.5, 0.6) is 0 Å². The summed E-state index contributed by atoms with van der Waals surface area (Å²) in [5.74, 6) is 0.720. The number of hydrazone groups is 1. The standard InChI is InChI=1S/C16H14N4OS2/c1-2-23-16-18-15(21)13-11-5-3-4-6-12(11)17-14(20(13)19-16)10-7-8-22-9-10/h3-9,14H,2H2,1H3,(H,18,19,21). The fourth-order valence-corrected chi connectivity index (χ4v) is 3.92. The zero-order valence-electron chi connectivity index (χ0n) is 12.4. The van der Waals surface area contributed by atoms with Crippen molar-refractivity contribution >= 4 is 39.9 Å². The van der Waals surface area contributed by atoms with Crippen molar-refractivity contribution < 1.29 is 4.79 Å². The SMILES string of the molecule is CCSC1=NN2C(=c3ccccc3=NC2c2ccsc2)C(=O)N1. The molecule has 5 nitrogen and oxygen atoms in total. The lowest BCUT2D eigenvalue weighted by Gasteiger charge is -2.33. The molecular formula is C16H14N4OS2. The predicted molar refractivity (Wildman–Crippen MR) is 93.2 cm³/mol. The van der Waals surface area contributed by atoms with E-state index >= 15 is 0 Å². The van der Waals surface area contributed by atoms with Gasteiger partial charge in [0, 0.05) is 10.8 Å². The third-order valence-corrected chi connectivity index (χ3v) is 5.09. The number of rotatable bonds is 2. The van der Waals surface area contributed by atoms with Gasteiger partial charge in [-0.1, -0.05) is 36.9 Å². The van der Waals surface area contributed by atoms with Gasteiger partial charge in [0.25, 0.3) is 5.91 Å². The van der Waals surface area contributed by atoms with Crippen LogP contribution in [0.1, 0.15) is 18.7 Å². The number of carbonyl (C=O) groups is 1. The number of benzene rings is 1. The molecule has 0 bridgehead atoms. The molecular weight excluding hydrogens is 328 g/mol. The van der Waals surface area contributed by atoms with Gasteiger partial charge in [-0.3, -0.25) is 15.1 Å². The fourth-order valence-electron chi connectivity index (χ4n) is 2.67. The number of para-hydroxylation sites is 1. The highest BCUT2D eigenvalue weighted by Gasteiger charge is 2.34. The van der Waals surface area contributed by atoms with Gasteiger partial charge in [-0.05, 0) is 28.6 Å². The van der Waals surface area contributed by atoms with E-state index in [9.17, 15) is 4.79 Å². The number of thiophene rings is 1. The Morgan fingerprint density at radius 1 is 1.35 bits per heavy atom. The molecule has 2 aromatic rings. The molecule has 0 saturated heterocycles. The minimum Gasteiger partial charge on any atom is -0.298 e.